The zero-order chi connectivity index (χ0) is 12.5. The van der Waals surface area contributed by atoms with Crippen LogP contribution in [0.1, 0.15) is 28.1 Å². The Balaban J connectivity index is 1.89. The molecule has 5 heteroatoms. The fourth-order valence-corrected chi connectivity index (χ4v) is 2.65. The first-order valence-electron chi connectivity index (χ1n) is 5.99. The highest BCUT2D eigenvalue weighted by Crippen LogP contribution is 2.53. The first-order valence-corrected chi connectivity index (χ1v) is 5.49. The Labute approximate surface area is 95.4 Å². The van der Waals surface area contributed by atoms with Gasteiger partial charge in [-0.2, -0.15) is 0 Å². The number of rotatable bonds is 1. The number of fused-ring (bicyclic) bond motifs is 3. The largest absolute Gasteiger partial charge is 0.467 e. The van der Waals surface area contributed by atoms with E-state index in [2.05, 4.69) is 0 Å². The topological polar surface area (TPSA) is 57.3 Å². The van der Waals surface area contributed by atoms with E-state index in [1.165, 1.54) is 7.11 Å². The Morgan fingerprint density at radius 1 is 1.44 bits per heavy atom. The van der Waals surface area contributed by atoms with Gasteiger partial charge in [-0.1, -0.05) is 0 Å². The monoisotopic (exact) mass is 229 g/mol. The minimum absolute atomic E-state index is 0.178. The quantitative estimate of drug-likeness (QED) is 0.487. The summed E-state index contributed by atoms with van der Waals surface area (Å²) in [5.41, 5.74) is -1.15. The van der Waals surface area contributed by atoms with Crippen LogP contribution in [0.15, 0.2) is 0 Å². The average molecular weight is 229 g/mol. The average Bonchev–Trinajstić information content (AvgIpc) is 2.77. The van der Waals surface area contributed by atoms with Crippen molar-refractivity contribution in [3.8, 4) is 0 Å². The number of epoxide rings is 1. The molecule has 16 heavy (non-hydrogen) atoms. The van der Waals surface area contributed by atoms with E-state index in [4.69, 9.17) is 20.3 Å². The molecule has 2 aliphatic heterocycles. The van der Waals surface area contributed by atoms with Crippen LogP contribution in [0.2, 0.25) is 0 Å². The van der Waals surface area contributed by atoms with E-state index in [-0.39, 0.29) is 6.10 Å². The summed E-state index contributed by atoms with van der Waals surface area (Å²) in [5, 5.41) is 0. The van der Waals surface area contributed by atoms with Crippen LogP contribution in [0.25, 0.3) is 0 Å². The second-order valence-corrected chi connectivity index (χ2v) is 4.92. The van der Waals surface area contributed by atoms with Crippen molar-refractivity contribution in [2.75, 3.05) is 7.11 Å². The van der Waals surface area contributed by atoms with Gasteiger partial charge in [0, 0.05) is 0 Å². The lowest BCUT2D eigenvalue weighted by Crippen LogP contribution is -2.43. The highest BCUT2D eigenvalue weighted by molar-refractivity contribution is 5.83. The number of methoxy groups -OCH3 is 1. The number of hydrogen-bond acceptors (Lipinski definition) is 5. The third kappa shape index (κ3) is 1.25. The Morgan fingerprint density at radius 3 is 2.88 bits per heavy atom. The minimum atomic E-state index is -1.35. The number of hydrogen-bond donors (Lipinski definition) is 0. The van der Waals surface area contributed by atoms with Crippen LogP contribution in [-0.4, -0.2) is 42.8 Å². The van der Waals surface area contributed by atoms with Crippen molar-refractivity contribution in [1.82, 2.24) is 0 Å². The van der Waals surface area contributed by atoms with Gasteiger partial charge < -0.3 is 18.9 Å². The van der Waals surface area contributed by atoms with Gasteiger partial charge in [0.15, 0.2) is 11.4 Å². The lowest BCUT2D eigenvalue weighted by atomic mass is 9.85. The van der Waals surface area contributed by atoms with Gasteiger partial charge in [-0.05, 0) is 26.7 Å². The van der Waals surface area contributed by atoms with Gasteiger partial charge in [0.05, 0.1) is 14.6 Å². The zero-order valence-electron chi connectivity index (χ0n) is 10.6. The SMILES string of the molecule is [2H][C@@]12O[C@]1(C(=O)OC)CC[C@@H]1OC(C)(C)O[C@@H]12. The number of carbonyl (C=O) groups excluding carboxylic acids is 1. The third-order valence-electron chi connectivity index (χ3n) is 3.38. The predicted molar refractivity (Wildman–Crippen MR) is 52.7 cm³/mol. The molecule has 0 spiro atoms. The highest BCUT2D eigenvalue weighted by Gasteiger charge is 2.72. The Morgan fingerprint density at radius 2 is 2.19 bits per heavy atom. The van der Waals surface area contributed by atoms with Gasteiger partial charge in [0.2, 0.25) is 0 Å². The molecule has 3 fully saturated rings. The number of esters is 1. The summed E-state index contributed by atoms with van der Waals surface area (Å²) in [6.45, 7) is 3.60. The second kappa shape index (κ2) is 2.97. The summed E-state index contributed by atoms with van der Waals surface area (Å²) < 4.78 is 29.8. The Hall–Kier alpha value is -0.650. The van der Waals surface area contributed by atoms with Crippen molar-refractivity contribution in [2.24, 2.45) is 0 Å². The molecule has 2 heterocycles. The number of ether oxygens (including phenoxy) is 4. The molecule has 0 unspecified atom stereocenters. The molecule has 0 amide bonds. The van der Waals surface area contributed by atoms with E-state index >= 15 is 0 Å². The van der Waals surface area contributed by atoms with Crippen LogP contribution in [-0.2, 0) is 23.7 Å². The van der Waals surface area contributed by atoms with E-state index in [0.29, 0.717) is 12.8 Å². The lowest BCUT2D eigenvalue weighted by molar-refractivity contribution is -0.148. The van der Waals surface area contributed by atoms with Gasteiger partial charge in [0.25, 0.3) is 0 Å². The van der Waals surface area contributed by atoms with Gasteiger partial charge >= 0.3 is 5.97 Å². The molecule has 0 radical (unpaired) electrons. The second-order valence-electron chi connectivity index (χ2n) is 4.92. The maximum absolute atomic E-state index is 11.7. The van der Waals surface area contributed by atoms with E-state index in [0.717, 1.165) is 0 Å². The normalized spacial score (nSPS) is 53.6. The standard InChI is InChI=1S/C11H16O5/c1-10(2)14-6-4-5-11(9(12)13-3)8(16-11)7(6)15-10/h6-8H,4-5H2,1-3H3/t6-,7-,8-,11+/m0/s1/i8D. The first kappa shape index (κ1) is 9.39. The van der Waals surface area contributed by atoms with E-state index < -0.39 is 29.5 Å². The summed E-state index contributed by atoms with van der Waals surface area (Å²) in [6.07, 6.45) is -0.960. The van der Waals surface area contributed by atoms with Crippen molar-refractivity contribution in [2.45, 2.75) is 56.4 Å². The van der Waals surface area contributed by atoms with Crippen molar-refractivity contribution >= 4 is 5.97 Å². The minimum Gasteiger partial charge on any atom is -0.467 e. The molecule has 2 saturated heterocycles. The molecule has 3 aliphatic rings. The van der Waals surface area contributed by atoms with Crippen molar-refractivity contribution in [3.05, 3.63) is 0 Å². The molecule has 5 nitrogen and oxygen atoms in total. The van der Waals surface area contributed by atoms with Crippen molar-refractivity contribution < 1.29 is 25.1 Å². The van der Waals surface area contributed by atoms with Crippen molar-refractivity contribution in [1.29, 1.82) is 0 Å². The maximum atomic E-state index is 11.7. The summed E-state index contributed by atoms with van der Waals surface area (Å²) >= 11 is 0. The van der Waals surface area contributed by atoms with E-state index in [1.807, 2.05) is 0 Å². The molecule has 0 aromatic rings. The maximum Gasteiger partial charge on any atom is 0.341 e. The molecule has 0 aromatic heterocycles. The van der Waals surface area contributed by atoms with Crippen LogP contribution < -0.4 is 0 Å². The van der Waals surface area contributed by atoms with Crippen LogP contribution >= 0.6 is 0 Å². The third-order valence-corrected chi connectivity index (χ3v) is 3.38. The molecule has 1 aliphatic carbocycles. The van der Waals surface area contributed by atoms with Crippen LogP contribution in [0, 0.1) is 0 Å². The fourth-order valence-electron chi connectivity index (χ4n) is 2.65. The van der Waals surface area contributed by atoms with Crippen LogP contribution in [0.3, 0.4) is 0 Å². The zero-order valence-corrected chi connectivity index (χ0v) is 9.61. The molecule has 1 saturated carbocycles. The molecular formula is C11H16O5. The molecule has 4 atom stereocenters. The van der Waals surface area contributed by atoms with Gasteiger partial charge in [-0.3, -0.25) is 0 Å². The van der Waals surface area contributed by atoms with E-state index in [1.54, 1.807) is 13.8 Å². The summed E-state index contributed by atoms with van der Waals surface area (Å²) in [4.78, 5) is 11.7. The Bertz CT molecular complexity index is 380. The highest BCUT2D eigenvalue weighted by atomic mass is 16.8. The molecule has 3 rings (SSSR count). The van der Waals surface area contributed by atoms with E-state index in [9.17, 15) is 4.79 Å². The van der Waals surface area contributed by atoms with Crippen LogP contribution in [0.4, 0.5) is 0 Å². The fraction of sp³-hybridized carbons (Fsp3) is 0.909. The first-order chi connectivity index (χ1) is 7.85. The molecule has 0 N–H and O–H groups in total. The van der Waals surface area contributed by atoms with Gasteiger partial charge in [-0.15, -0.1) is 0 Å². The van der Waals surface area contributed by atoms with Crippen LogP contribution in [0.5, 0.6) is 0 Å². The molecule has 0 aromatic carbocycles. The lowest BCUT2D eigenvalue weighted by Gasteiger charge is -2.22. The number of carbonyl (C=O) groups is 1. The smallest absolute Gasteiger partial charge is 0.341 e. The van der Waals surface area contributed by atoms with Crippen molar-refractivity contribution in [3.63, 3.8) is 0 Å². The summed E-state index contributed by atoms with van der Waals surface area (Å²) in [5.74, 6) is -1.21. The molecular weight excluding hydrogens is 212 g/mol. The predicted octanol–water partition coefficient (Wildman–Crippen LogP) is 0.611. The van der Waals surface area contributed by atoms with Gasteiger partial charge in [0.1, 0.15) is 12.2 Å². The summed E-state index contributed by atoms with van der Waals surface area (Å²) in [7, 11) is 1.31. The molecule has 90 valence electrons. The Kier molecular flexibility index (Phi) is 1.74. The summed E-state index contributed by atoms with van der Waals surface area (Å²) in [6, 6.07) is 0. The van der Waals surface area contributed by atoms with Gasteiger partial charge in [-0.25, -0.2) is 4.79 Å². The molecule has 0 bridgehead atoms.